The molecule has 0 atom stereocenters. The van der Waals surface area contributed by atoms with Crippen molar-refractivity contribution in [2.45, 2.75) is 63.2 Å². The zero-order chi connectivity index (χ0) is 23.3. The van der Waals surface area contributed by atoms with Gasteiger partial charge in [-0.15, -0.1) is 0 Å². The Morgan fingerprint density at radius 2 is 1.55 bits per heavy atom. The summed E-state index contributed by atoms with van der Waals surface area (Å²) in [5.41, 5.74) is 1.91. The van der Waals surface area contributed by atoms with E-state index in [1.807, 2.05) is 54.6 Å². The van der Waals surface area contributed by atoms with E-state index in [9.17, 15) is 14.4 Å². The molecular formula is C28H33NO4. The van der Waals surface area contributed by atoms with Crippen molar-refractivity contribution in [2.24, 2.45) is 0 Å². The highest BCUT2D eigenvalue weighted by molar-refractivity contribution is 5.98. The van der Waals surface area contributed by atoms with Crippen LogP contribution in [0, 0.1) is 0 Å². The maximum Gasteiger partial charge on any atom is 0.317 e. The number of piperidine rings is 1. The van der Waals surface area contributed by atoms with Crippen LogP contribution in [0.5, 0.6) is 0 Å². The van der Waals surface area contributed by atoms with Gasteiger partial charge < -0.3 is 9.64 Å². The van der Waals surface area contributed by atoms with Gasteiger partial charge in [-0.3, -0.25) is 14.4 Å². The number of rotatable bonds is 6. The van der Waals surface area contributed by atoms with Gasteiger partial charge in [0.05, 0.1) is 5.41 Å². The number of Topliss-reactive ketones (excluding diaryl/α,β-unsaturated/α-hetero) is 1. The molecule has 5 nitrogen and oxygen atoms in total. The zero-order valence-corrected chi connectivity index (χ0v) is 19.4. The minimum atomic E-state index is -0.835. The van der Waals surface area contributed by atoms with Crippen molar-refractivity contribution in [3.05, 3.63) is 71.3 Å². The lowest BCUT2D eigenvalue weighted by atomic mass is 9.72. The van der Waals surface area contributed by atoms with Crippen LogP contribution in [0.3, 0.4) is 0 Å². The Hall–Kier alpha value is -2.95. The van der Waals surface area contributed by atoms with Gasteiger partial charge in [0.2, 0.25) is 5.91 Å². The number of hydrogen-bond donors (Lipinski definition) is 0. The van der Waals surface area contributed by atoms with Crippen LogP contribution in [-0.4, -0.2) is 42.3 Å². The number of carbonyl (C=O) groups excluding carboxylic acids is 3. The van der Waals surface area contributed by atoms with E-state index < -0.39 is 5.41 Å². The lowest BCUT2D eigenvalue weighted by Gasteiger charge is -2.40. The Balaban J connectivity index is 1.42. The van der Waals surface area contributed by atoms with Gasteiger partial charge in [-0.1, -0.05) is 73.9 Å². The molecule has 0 unspecified atom stereocenters. The van der Waals surface area contributed by atoms with Crippen LogP contribution in [0.4, 0.5) is 0 Å². The summed E-state index contributed by atoms with van der Waals surface area (Å²) in [5.74, 6) is 0.0243. The monoisotopic (exact) mass is 447 g/mol. The SMILES string of the molecule is CC(=O)N1CCC(C(=O)OCC(=O)c2ccc(C3CCCCC3)cc2)(c2ccccc2)CC1. The number of benzene rings is 2. The molecule has 174 valence electrons. The molecular weight excluding hydrogens is 414 g/mol. The minimum Gasteiger partial charge on any atom is -0.457 e. The third-order valence-corrected chi connectivity index (χ3v) is 7.42. The van der Waals surface area contributed by atoms with Crippen LogP contribution in [0.25, 0.3) is 0 Å². The number of amides is 1. The standard InChI is InChI=1S/C28H33NO4/c1-21(30)29-18-16-28(17-19-29,25-10-6-3-7-11-25)27(32)33-20-26(31)24-14-12-23(13-15-24)22-8-4-2-5-9-22/h3,6-7,10-15,22H,2,4-5,8-9,16-20H2,1H3. The van der Waals surface area contributed by atoms with E-state index in [1.165, 1.54) is 37.7 Å². The third-order valence-electron chi connectivity index (χ3n) is 7.42. The minimum absolute atomic E-state index is 0.0110. The summed E-state index contributed by atoms with van der Waals surface area (Å²) in [4.78, 5) is 39.6. The van der Waals surface area contributed by atoms with Gasteiger partial charge in [0, 0.05) is 25.6 Å². The number of ketones is 1. The van der Waals surface area contributed by atoms with E-state index in [0.29, 0.717) is 37.4 Å². The normalized spacial score (nSPS) is 18.5. The molecule has 0 aromatic heterocycles. The van der Waals surface area contributed by atoms with Crippen molar-refractivity contribution in [3.63, 3.8) is 0 Å². The highest BCUT2D eigenvalue weighted by Gasteiger charge is 2.44. The van der Waals surface area contributed by atoms with Crippen molar-refractivity contribution in [1.29, 1.82) is 0 Å². The topological polar surface area (TPSA) is 63.7 Å². The molecule has 4 rings (SSSR count). The van der Waals surface area contributed by atoms with Gasteiger partial charge in [-0.2, -0.15) is 0 Å². The first-order valence-corrected chi connectivity index (χ1v) is 12.1. The second-order valence-electron chi connectivity index (χ2n) is 9.41. The van der Waals surface area contributed by atoms with Gasteiger partial charge in [0.15, 0.2) is 12.4 Å². The number of carbonyl (C=O) groups is 3. The Morgan fingerprint density at radius 3 is 2.15 bits per heavy atom. The fourth-order valence-electron chi connectivity index (χ4n) is 5.30. The molecule has 1 aliphatic heterocycles. The summed E-state index contributed by atoms with van der Waals surface area (Å²) in [5, 5.41) is 0. The predicted molar refractivity (Wildman–Crippen MR) is 127 cm³/mol. The zero-order valence-electron chi connectivity index (χ0n) is 19.4. The summed E-state index contributed by atoms with van der Waals surface area (Å²) in [6.07, 6.45) is 7.26. The van der Waals surface area contributed by atoms with E-state index in [4.69, 9.17) is 4.74 Å². The number of likely N-dealkylation sites (tertiary alicyclic amines) is 1. The summed E-state index contributed by atoms with van der Waals surface area (Å²) < 4.78 is 5.61. The average Bonchev–Trinajstić information content (AvgIpc) is 2.88. The second-order valence-corrected chi connectivity index (χ2v) is 9.41. The maximum absolute atomic E-state index is 13.3. The Bertz CT molecular complexity index is 969. The number of esters is 1. The maximum atomic E-state index is 13.3. The van der Waals surface area contributed by atoms with Crippen molar-refractivity contribution < 1.29 is 19.1 Å². The van der Waals surface area contributed by atoms with Crippen molar-refractivity contribution >= 4 is 17.7 Å². The van der Waals surface area contributed by atoms with Gasteiger partial charge in [-0.25, -0.2) is 0 Å². The van der Waals surface area contributed by atoms with E-state index in [-0.39, 0.29) is 24.3 Å². The van der Waals surface area contributed by atoms with Gasteiger partial charge in [-0.05, 0) is 42.7 Å². The summed E-state index contributed by atoms with van der Waals surface area (Å²) >= 11 is 0. The number of nitrogens with zero attached hydrogens (tertiary/aromatic N) is 1. The van der Waals surface area contributed by atoms with Crippen molar-refractivity contribution in [1.82, 2.24) is 4.90 Å². The molecule has 1 saturated heterocycles. The average molecular weight is 448 g/mol. The van der Waals surface area contributed by atoms with Crippen LogP contribution < -0.4 is 0 Å². The predicted octanol–water partition coefficient (Wildman–Crippen LogP) is 5.04. The fraction of sp³-hybridized carbons (Fsp3) is 0.464. The quantitative estimate of drug-likeness (QED) is 0.460. The molecule has 2 aromatic carbocycles. The Kier molecular flexibility index (Phi) is 7.26. The van der Waals surface area contributed by atoms with Crippen molar-refractivity contribution in [3.8, 4) is 0 Å². The highest BCUT2D eigenvalue weighted by Crippen LogP contribution is 2.37. The first kappa shape index (κ1) is 23.2. The molecule has 1 amide bonds. The van der Waals surface area contributed by atoms with Gasteiger partial charge in [0.25, 0.3) is 0 Å². The third kappa shape index (κ3) is 5.18. The molecule has 0 spiro atoms. The Morgan fingerprint density at radius 1 is 0.909 bits per heavy atom. The van der Waals surface area contributed by atoms with Crippen LogP contribution in [-0.2, 0) is 19.7 Å². The molecule has 0 radical (unpaired) electrons. The molecule has 1 aliphatic carbocycles. The van der Waals surface area contributed by atoms with Gasteiger partial charge in [0.1, 0.15) is 0 Å². The van der Waals surface area contributed by atoms with Gasteiger partial charge >= 0.3 is 5.97 Å². The van der Waals surface area contributed by atoms with Crippen LogP contribution in [0.2, 0.25) is 0 Å². The smallest absolute Gasteiger partial charge is 0.317 e. The molecule has 2 fully saturated rings. The van der Waals surface area contributed by atoms with Crippen LogP contribution >= 0.6 is 0 Å². The first-order chi connectivity index (χ1) is 16.0. The summed E-state index contributed by atoms with van der Waals surface area (Å²) in [6.45, 7) is 2.27. The molecule has 33 heavy (non-hydrogen) atoms. The van der Waals surface area contributed by atoms with E-state index in [2.05, 4.69) is 0 Å². The molecule has 2 aliphatic rings. The van der Waals surface area contributed by atoms with E-state index in [0.717, 1.165) is 5.56 Å². The van der Waals surface area contributed by atoms with Crippen LogP contribution in [0.1, 0.15) is 79.3 Å². The lowest BCUT2D eigenvalue weighted by molar-refractivity contribution is -0.153. The second kappa shape index (κ2) is 10.3. The lowest BCUT2D eigenvalue weighted by Crippen LogP contribution is -2.49. The molecule has 0 bridgehead atoms. The van der Waals surface area contributed by atoms with E-state index >= 15 is 0 Å². The summed E-state index contributed by atoms with van der Waals surface area (Å²) in [6, 6.07) is 17.4. The largest absolute Gasteiger partial charge is 0.457 e. The van der Waals surface area contributed by atoms with Crippen molar-refractivity contribution in [2.75, 3.05) is 19.7 Å². The molecule has 1 saturated carbocycles. The Labute approximate surface area is 196 Å². The van der Waals surface area contributed by atoms with E-state index in [1.54, 1.807) is 11.8 Å². The fourth-order valence-corrected chi connectivity index (χ4v) is 5.30. The molecule has 5 heteroatoms. The first-order valence-electron chi connectivity index (χ1n) is 12.1. The van der Waals surface area contributed by atoms with Crippen LogP contribution in [0.15, 0.2) is 54.6 Å². The summed E-state index contributed by atoms with van der Waals surface area (Å²) in [7, 11) is 0. The molecule has 2 aromatic rings. The number of hydrogen-bond acceptors (Lipinski definition) is 4. The molecule has 1 heterocycles. The highest BCUT2D eigenvalue weighted by atomic mass is 16.5. The number of ether oxygens (including phenoxy) is 1. The molecule has 0 N–H and O–H groups in total.